The van der Waals surface area contributed by atoms with E-state index < -0.39 is 0 Å². The highest BCUT2D eigenvalue weighted by Gasteiger charge is 2.25. The molecule has 0 aliphatic carbocycles. The van der Waals surface area contributed by atoms with Gasteiger partial charge >= 0.3 is 0 Å². The SMILES string of the molecule is CCN1CCCC1CN(C)C(=O)c1cccs1. The fraction of sp³-hybridized carbons (Fsp3) is 0.615. The first-order valence-electron chi connectivity index (χ1n) is 6.25. The van der Waals surface area contributed by atoms with E-state index in [2.05, 4.69) is 11.8 Å². The second-order valence-electron chi connectivity index (χ2n) is 4.59. The van der Waals surface area contributed by atoms with E-state index in [1.807, 2.05) is 29.5 Å². The predicted octanol–water partition coefficient (Wildman–Crippen LogP) is 2.30. The molecular weight excluding hydrogens is 232 g/mol. The van der Waals surface area contributed by atoms with Crippen LogP contribution < -0.4 is 0 Å². The number of nitrogens with zero attached hydrogens (tertiary/aromatic N) is 2. The Morgan fingerprint density at radius 3 is 3.12 bits per heavy atom. The normalized spacial score (nSPS) is 20.7. The molecule has 17 heavy (non-hydrogen) atoms. The van der Waals surface area contributed by atoms with Gasteiger partial charge in [-0.1, -0.05) is 13.0 Å². The molecule has 0 N–H and O–H groups in total. The summed E-state index contributed by atoms with van der Waals surface area (Å²) in [5.74, 6) is 0.156. The predicted molar refractivity (Wildman–Crippen MR) is 71.5 cm³/mol. The van der Waals surface area contributed by atoms with Gasteiger partial charge in [-0.3, -0.25) is 9.69 Å². The van der Waals surface area contributed by atoms with Crippen LogP contribution in [0.1, 0.15) is 29.4 Å². The van der Waals surface area contributed by atoms with Crippen molar-refractivity contribution in [1.29, 1.82) is 0 Å². The maximum atomic E-state index is 12.1. The average Bonchev–Trinajstić information content (AvgIpc) is 2.98. The Labute approximate surface area is 107 Å². The number of likely N-dealkylation sites (N-methyl/N-ethyl adjacent to an activating group) is 2. The summed E-state index contributed by atoms with van der Waals surface area (Å²) in [5.41, 5.74) is 0. The summed E-state index contributed by atoms with van der Waals surface area (Å²) in [6.45, 7) is 5.32. The summed E-state index contributed by atoms with van der Waals surface area (Å²) >= 11 is 1.52. The van der Waals surface area contributed by atoms with Crippen molar-refractivity contribution in [3.8, 4) is 0 Å². The summed E-state index contributed by atoms with van der Waals surface area (Å²) in [7, 11) is 1.91. The van der Waals surface area contributed by atoms with Crippen molar-refractivity contribution in [3.05, 3.63) is 22.4 Å². The van der Waals surface area contributed by atoms with E-state index >= 15 is 0 Å². The van der Waals surface area contributed by atoms with Crippen LogP contribution in [0.5, 0.6) is 0 Å². The lowest BCUT2D eigenvalue weighted by Gasteiger charge is -2.27. The minimum atomic E-state index is 0.156. The van der Waals surface area contributed by atoms with E-state index in [4.69, 9.17) is 0 Å². The van der Waals surface area contributed by atoms with Gasteiger partial charge in [-0.15, -0.1) is 11.3 Å². The van der Waals surface area contributed by atoms with E-state index in [9.17, 15) is 4.79 Å². The minimum Gasteiger partial charge on any atom is -0.339 e. The van der Waals surface area contributed by atoms with E-state index in [1.54, 1.807) is 0 Å². The molecule has 1 aliphatic rings. The van der Waals surface area contributed by atoms with Gasteiger partial charge in [-0.25, -0.2) is 0 Å². The second kappa shape index (κ2) is 5.65. The van der Waals surface area contributed by atoms with Crippen LogP contribution in [0.2, 0.25) is 0 Å². The maximum Gasteiger partial charge on any atom is 0.263 e. The number of thiophene rings is 1. The quantitative estimate of drug-likeness (QED) is 0.821. The molecule has 1 amide bonds. The Hall–Kier alpha value is -0.870. The fourth-order valence-corrected chi connectivity index (χ4v) is 3.22. The molecule has 4 heteroatoms. The molecule has 0 radical (unpaired) electrons. The lowest BCUT2D eigenvalue weighted by atomic mass is 10.2. The number of likely N-dealkylation sites (tertiary alicyclic amines) is 1. The van der Waals surface area contributed by atoms with Crippen molar-refractivity contribution in [1.82, 2.24) is 9.80 Å². The highest BCUT2D eigenvalue weighted by molar-refractivity contribution is 7.12. The smallest absolute Gasteiger partial charge is 0.263 e. The van der Waals surface area contributed by atoms with E-state index in [0.717, 1.165) is 18.0 Å². The molecule has 0 spiro atoms. The van der Waals surface area contributed by atoms with Crippen molar-refractivity contribution >= 4 is 17.2 Å². The van der Waals surface area contributed by atoms with Crippen LogP contribution in [-0.4, -0.2) is 48.4 Å². The minimum absolute atomic E-state index is 0.156. The van der Waals surface area contributed by atoms with Gasteiger partial charge in [-0.05, 0) is 37.4 Å². The van der Waals surface area contributed by atoms with Crippen molar-refractivity contribution < 1.29 is 4.79 Å². The van der Waals surface area contributed by atoms with Gasteiger partial charge in [0.2, 0.25) is 0 Å². The molecule has 0 saturated carbocycles. The highest BCUT2D eigenvalue weighted by Crippen LogP contribution is 2.18. The van der Waals surface area contributed by atoms with E-state index in [0.29, 0.717) is 6.04 Å². The van der Waals surface area contributed by atoms with Crippen LogP contribution >= 0.6 is 11.3 Å². The van der Waals surface area contributed by atoms with Crippen LogP contribution in [-0.2, 0) is 0 Å². The largest absolute Gasteiger partial charge is 0.339 e. The monoisotopic (exact) mass is 252 g/mol. The topological polar surface area (TPSA) is 23.6 Å². The number of amides is 1. The zero-order valence-corrected chi connectivity index (χ0v) is 11.4. The molecule has 3 nitrogen and oxygen atoms in total. The van der Waals surface area contributed by atoms with Crippen LogP contribution in [0.4, 0.5) is 0 Å². The lowest BCUT2D eigenvalue weighted by molar-refractivity contribution is 0.0759. The number of hydrogen-bond acceptors (Lipinski definition) is 3. The number of carbonyl (C=O) groups is 1. The van der Waals surface area contributed by atoms with Gasteiger partial charge in [0.05, 0.1) is 4.88 Å². The first-order valence-corrected chi connectivity index (χ1v) is 7.13. The fourth-order valence-electron chi connectivity index (χ4n) is 2.51. The van der Waals surface area contributed by atoms with E-state index in [-0.39, 0.29) is 5.91 Å². The number of rotatable bonds is 4. The Morgan fingerprint density at radius 2 is 2.47 bits per heavy atom. The number of hydrogen-bond donors (Lipinski definition) is 0. The Morgan fingerprint density at radius 1 is 1.65 bits per heavy atom. The Kier molecular flexibility index (Phi) is 4.18. The van der Waals surface area contributed by atoms with Crippen LogP contribution in [0.25, 0.3) is 0 Å². The van der Waals surface area contributed by atoms with Gasteiger partial charge in [0.1, 0.15) is 0 Å². The van der Waals surface area contributed by atoms with Crippen LogP contribution in [0.3, 0.4) is 0 Å². The third-order valence-electron chi connectivity index (χ3n) is 3.47. The van der Waals surface area contributed by atoms with Gasteiger partial charge in [0.15, 0.2) is 0 Å². The number of carbonyl (C=O) groups excluding carboxylic acids is 1. The highest BCUT2D eigenvalue weighted by atomic mass is 32.1. The average molecular weight is 252 g/mol. The van der Waals surface area contributed by atoms with E-state index in [1.165, 1.54) is 30.7 Å². The third-order valence-corrected chi connectivity index (χ3v) is 4.33. The lowest BCUT2D eigenvalue weighted by Crippen LogP contribution is -2.40. The molecule has 94 valence electrons. The van der Waals surface area contributed by atoms with Crippen molar-refractivity contribution in [2.24, 2.45) is 0 Å². The summed E-state index contributed by atoms with van der Waals surface area (Å²) in [5, 5.41) is 1.95. The molecule has 1 aromatic heterocycles. The van der Waals surface area contributed by atoms with Crippen LogP contribution in [0.15, 0.2) is 17.5 Å². The van der Waals surface area contributed by atoms with Gasteiger partial charge in [0.25, 0.3) is 5.91 Å². The molecule has 1 atom stereocenters. The summed E-state index contributed by atoms with van der Waals surface area (Å²) in [4.78, 5) is 17.3. The standard InChI is InChI=1S/C13H20N2OS/c1-3-15-8-4-6-11(15)10-14(2)13(16)12-7-5-9-17-12/h5,7,9,11H,3-4,6,8,10H2,1-2H3. The second-order valence-corrected chi connectivity index (χ2v) is 5.54. The van der Waals surface area contributed by atoms with Gasteiger partial charge in [0, 0.05) is 19.6 Å². The Balaban J connectivity index is 1.92. The molecule has 1 saturated heterocycles. The van der Waals surface area contributed by atoms with Gasteiger partial charge in [-0.2, -0.15) is 0 Å². The van der Waals surface area contributed by atoms with Crippen LogP contribution in [0, 0.1) is 0 Å². The Bertz CT molecular complexity index is 364. The summed E-state index contributed by atoms with van der Waals surface area (Å²) < 4.78 is 0. The zero-order chi connectivity index (χ0) is 12.3. The first-order chi connectivity index (χ1) is 8.22. The van der Waals surface area contributed by atoms with Crippen molar-refractivity contribution in [2.45, 2.75) is 25.8 Å². The molecule has 1 aliphatic heterocycles. The molecule has 1 fully saturated rings. The molecule has 1 aromatic rings. The summed E-state index contributed by atoms with van der Waals surface area (Å²) in [6, 6.07) is 4.38. The molecule has 0 aromatic carbocycles. The molecule has 2 rings (SSSR count). The molecule has 2 heterocycles. The van der Waals surface area contributed by atoms with Crippen molar-refractivity contribution in [3.63, 3.8) is 0 Å². The third kappa shape index (κ3) is 2.87. The molecule has 0 bridgehead atoms. The maximum absolute atomic E-state index is 12.1. The first kappa shape index (κ1) is 12.6. The zero-order valence-electron chi connectivity index (χ0n) is 10.6. The summed E-state index contributed by atoms with van der Waals surface area (Å²) in [6.07, 6.45) is 2.48. The van der Waals surface area contributed by atoms with Gasteiger partial charge < -0.3 is 4.90 Å². The molecule has 1 unspecified atom stereocenters. The molecular formula is C13H20N2OS. The van der Waals surface area contributed by atoms with Crippen molar-refractivity contribution in [2.75, 3.05) is 26.7 Å².